The fourth-order valence-electron chi connectivity index (χ4n) is 2.22. The van der Waals surface area contributed by atoms with Gasteiger partial charge < -0.3 is 21.3 Å². The van der Waals surface area contributed by atoms with Crippen molar-refractivity contribution in [2.45, 2.75) is 0 Å². The molecule has 0 radical (unpaired) electrons. The summed E-state index contributed by atoms with van der Waals surface area (Å²) in [7, 11) is 3.32. The van der Waals surface area contributed by atoms with Crippen LogP contribution in [0.15, 0.2) is 48.5 Å². The van der Waals surface area contributed by atoms with Gasteiger partial charge in [-0.25, -0.2) is 0 Å². The second-order valence-electron chi connectivity index (χ2n) is 5.59. The van der Waals surface area contributed by atoms with Gasteiger partial charge in [0.1, 0.15) is 0 Å². The Morgan fingerprint density at radius 2 is 1.76 bits per heavy atom. The Morgan fingerprint density at radius 3 is 2.44 bits per heavy atom. The minimum absolute atomic E-state index is 0.0455. The molecule has 2 aromatic carbocycles. The number of nitrogens with two attached hydrogens (primary N) is 1. The summed E-state index contributed by atoms with van der Waals surface area (Å²) in [5.41, 5.74) is 7.10. The topological polar surface area (TPSA) is 105 Å². The van der Waals surface area contributed by atoms with Crippen molar-refractivity contribution >= 4 is 29.1 Å². The number of primary amides is 1. The fraction of sp³-hybridized carbons (Fsp3) is 0.167. The van der Waals surface area contributed by atoms with Crippen LogP contribution in [0.3, 0.4) is 0 Å². The Labute approximate surface area is 145 Å². The van der Waals surface area contributed by atoms with Gasteiger partial charge in [-0.2, -0.15) is 0 Å². The van der Waals surface area contributed by atoms with Crippen LogP contribution < -0.4 is 16.4 Å². The molecule has 0 saturated carbocycles. The van der Waals surface area contributed by atoms with Crippen molar-refractivity contribution in [1.29, 1.82) is 0 Å². The van der Waals surface area contributed by atoms with Gasteiger partial charge in [-0.05, 0) is 30.3 Å². The summed E-state index contributed by atoms with van der Waals surface area (Å²) >= 11 is 0. The molecule has 2 aromatic rings. The second kappa shape index (κ2) is 7.96. The van der Waals surface area contributed by atoms with Gasteiger partial charge in [0.25, 0.3) is 11.8 Å². The van der Waals surface area contributed by atoms with Gasteiger partial charge >= 0.3 is 0 Å². The van der Waals surface area contributed by atoms with Crippen LogP contribution in [-0.2, 0) is 4.79 Å². The largest absolute Gasteiger partial charge is 0.376 e. The van der Waals surface area contributed by atoms with Crippen molar-refractivity contribution in [2.24, 2.45) is 5.73 Å². The van der Waals surface area contributed by atoms with Crippen LogP contribution in [0.1, 0.15) is 20.7 Å². The number of hydrogen-bond acceptors (Lipinski definition) is 4. The van der Waals surface area contributed by atoms with E-state index in [1.54, 1.807) is 62.6 Å². The zero-order valence-electron chi connectivity index (χ0n) is 14.1. The van der Waals surface area contributed by atoms with Crippen LogP contribution in [0, 0.1) is 0 Å². The number of hydrogen-bond donors (Lipinski definition) is 3. The first-order valence-corrected chi connectivity index (χ1v) is 7.62. The quantitative estimate of drug-likeness (QED) is 0.742. The number of rotatable bonds is 6. The standard InChI is InChI=1S/C18H20N4O3/c1-22(2)18(25)12-6-5-7-13(10-12)21-16(23)11-20-15-9-4-3-8-14(15)17(19)24/h3-10,20H,11H2,1-2H3,(H2,19,24)(H,21,23). The molecule has 0 atom stereocenters. The van der Waals surface area contributed by atoms with E-state index in [4.69, 9.17) is 5.73 Å². The van der Waals surface area contributed by atoms with Crippen molar-refractivity contribution < 1.29 is 14.4 Å². The lowest BCUT2D eigenvalue weighted by molar-refractivity contribution is -0.114. The number of nitrogens with zero attached hydrogens (tertiary/aromatic N) is 1. The third-order valence-electron chi connectivity index (χ3n) is 3.43. The minimum atomic E-state index is -0.571. The maximum Gasteiger partial charge on any atom is 0.253 e. The number of para-hydroxylation sites is 1. The number of anilines is 2. The van der Waals surface area contributed by atoms with Crippen molar-refractivity contribution in [3.63, 3.8) is 0 Å². The van der Waals surface area contributed by atoms with Crippen LogP contribution in [0.2, 0.25) is 0 Å². The van der Waals surface area contributed by atoms with Gasteiger partial charge in [0.2, 0.25) is 5.91 Å². The summed E-state index contributed by atoms with van der Waals surface area (Å²) in [4.78, 5) is 36.9. The van der Waals surface area contributed by atoms with Gasteiger partial charge in [0.15, 0.2) is 0 Å². The molecule has 0 heterocycles. The molecule has 2 rings (SSSR count). The molecule has 0 aromatic heterocycles. The van der Waals surface area contributed by atoms with Crippen molar-refractivity contribution in [1.82, 2.24) is 4.90 Å². The average molecular weight is 340 g/mol. The highest BCUT2D eigenvalue weighted by molar-refractivity contribution is 6.00. The number of carbonyl (C=O) groups excluding carboxylic acids is 3. The molecule has 0 unspecified atom stereocenters. The predicted molar refractivity (Wildman–Crippen MR) is 96.5 cm³/mol. The van der Waals surface area contributed by atoms with E-state index < -0.39 is 5.91 Å². The SMILES string of the molecule is CN(C)C(=O)c1cccc(NC(=O)CNc2ccccc2C(N)=O)c1. The average Bonchev–Trinajstić information content (AvgIpc) is 2.59. The van der Waals surface area contributed by atoms with Gasteiger partial charge in [0, 0.05) is 31.0 Å². The lowest BCUT2D eigenvalue weighted by atomic mass is 10.1. The molecule has 4 N–H and O–H groups in total. The molecule has 0 spiro atoms. The van der Waals surface area contributed by atoms with Gasteiger partial charge in [-0.1, -0.05) is 18.2 Å². The molecular formula is C18H20N4O3. The number of nitrogens with one attached hydrogen (secondary N) is 2. The molecule has 7 heteroatoms. The van der Waals surface area contributed by atoms with Crippen LogP contribution in [0.4, 0.5) is 11.4 Å². The van der Waals surface area contributed by atoms with Crippen LogP contribution in [0.25, 0.3) is 0 Å². The van der Waals surface area contributed by atoms with Gasteiger partial charge in [-0.15, -0.1) is 0 Å². The van der Waals surface area contributed by atoms with Crippen molar-refractivity contribution in [2.75, 3.05) is 31.3 Å². The van der Waals surface area contributed by atoms with E-state index in [1.165, 1.54) is 4.90 Å². The summed E-state index contributed by atoms with van der Waals surface area (Å²) in [6.07, 6.45) is 0. The Bertz CT molecular complexity index is 802. The fourth-order valence-corrected chi connectivity index (χ4v) is 2.22. The van der Waals surface area contributed by atoms with Crippen LogP contribution >= 0.6 is 0 Å². The first-order valence-electron chi connectivity index (χ1n) is 7.62. The first kappa shape index (κ1) is 18.0. The molecule has 0 bridgehead atoms. The first-order chi connectivity index (χ1) is 11.9. The van der Waals surface area contributed by atoms with E-state index in [1.807, 2.05) is 0 Å². The van der Waals surface area contributed by atoms with E-state index in [9.17, 15) is 14.4 Å². The highest BCUT2D eigenvalue weighted by Gasteiger charge is 2.11. The monoisotopic (exact) mass is 340 g/mol. The van der Waals surface area contributed by atoms with Crippen LogP contribution in [0.5, 0.6) is 0 Å². The maximum absolute atomic E-state index is 12.1. The summed E-state index contributed by atoms with van der Waals surface area (Å²) in [5.74, 6) is -1.03. The predicted octanol–water partition coefficient (Wildman–Crippen LogP) is 1.54. The molecule has 130 valence electrons. The van der Waals surface area contributed by atoms with Crippen LogP contribution in [-0.4, -0.2) is 43.3 Å². The highest BCUT2D eigenvalue weighted by atomic mass is 16.2. The summed E-state index contributed by atoms with van der Waals surface area (Å²) in [5, 5.41) is 5.59. The van der Waals surface area contributed by atoms with E-state index >= 15 is 0 Å². The number of amides is 3. The second-order valence-corrected chi connectivity index (χ2v) is 5.59. The number of carbonyl (C=O) groups is 3. The van der Waals surface area contributed by atoms with E-state index in [2.05, 4.69) is 10.6 Å². The molecule has 0 aliphatic heterocycles. The van der Waals surface area contributed by atoms with E-state index in [0.29, 0.717) is 22.5 Å². The minimum Gasteiger partial charge on any atom is -0.376 e. The van der Waals surface area contributed by atoms with E-state index in [-0.39, 0.29) is 18.4 Å². The van der Waals surface area contributed by atoms with E-state index in [0.717, 1.165) is 0 Å². The van der Waals surface area contributed by atoms with Gasteiger partial charge in [0.05, 0.1) is 12.1 Å². The third-order valence-corrected chi connectivity index (χ3v) is 3.43. The Hall–Kier alpha value is -3.35. The molecule has 0 saturated heterocycles. The Kier molecular flexibility index (Phi) is 5.73. The lowest BCUT2D eigenvalue weighted by Gasteiger charge is -2.12. The third kappa shape index (κ3) is 4.81. The number of benzene rings is 2. The lowest BCUT2D eigenvalue weighted by Crippen LogP contribution is -2.24. The zero-order valence-corrected chi connectivity index (χ0v) is 14.1. The molecule has 25 heavy (non-hydrogen) atoms. The van der Waals surface area contributed by atoms with Crippen molar-refractivity contribution in [3.8, 4) is 0 Å². The van der Waals surface area contributed by atoms with Gasteiger partial charge in [-0.3, -0.25) is 14.4 Å². The molecular weight excluding hydrogens is 320 g/mol. The summed E-state index contributed by atoms with van der Waals surface area (Å²) in [6, 6.07) is 13.4. The highest BCUT2D eigenvalue weighted by Crippen LogP contribution is 2.15. The smallest absolute Gasteiger partial charge is 0.253 e. The zero-order chi connectivity index (χ0) is 18.4. The normalized spacial score (nSPS) is 10.0. The van der Waals surface area contributed by atoms with Crippen molar-refractivity contribution in [3.05, 3.63) is 59.7 Å². The molecule has 0 aliphatic carbocycles. The molecule has 0 fully saturated rings. The summed E-state index contributed by atoms with van der Waals surface area (Å²) in [6.45, 7) is -0.0455. The maximum atomic E-state index is 12.1. The molecule has 0 aliphatic rings. The summed E-state index contributed by atoms with van der Waals surface area (Å²) < 4.78 is 0. The molecule has 3 amide bonds. The Morgan fingerprint density at radius 1 is 1.04 bits per heavy atom. The Balaban J connectivity index is 2.01. The molecule has 7 nitrogen and oxygen atoms in total.